The molecule has 7 heteroatoms. The van der Waals surface area contributed by atoms with E-state index in [4.69, 9.17) is 4.74 Å². The molecule has 0 fully saturated rings. The summed E-state index contributed by atoms with van der Waals surface area (Å²) in [5.74, 6) is -5.55. The number of aryl methyl sites for hydroxylation is 1. The van der Waals surface area contributed by atoms with Gasteiger partial charge in [-0.15, -0.1) is 0 Å². The van der Waals surface area contributed by atoms with Crippen LogP contribution in [-0.2, 0) is 11.2 Å². The van der Waals surface area contributed by atoms with Crippen LogP contribution in [0.15, 0.2) is 10.9 Å². The van der Waals surface area contributed by atoms with Crippen LogP contribution in [0.1, 0.15) is 29.9 Å². The van der Waals surface area contributed by atoms with Gasteiger partial charge >= 0.3 is 5.97 Å². The Kier molecular flexibility index (Phi) is 4.02. The largest absolute Gasteiger partial charge is 0.462 e. The number of H-pyrrole nitrogens is 1. The van der Waals surface area contributed by atoms with Crippen molar-refractivity contribution in [2.75, 3.05) is 6.61 Å². The Bertz CT molecular complexity index is 783. The molecule has 21 heavy (non-hydrogen) atoms. The zero-order valence-corrected chi connectivity index (χ0v) is 11.4. The second-order valence-corrected chi connectivity index (χ2v) is 4.29. The predicted molar refractivity (Wildman–Crippen MR) is 69.8 cm³/mol. The highest BCUT2D eigenvalue weighted by molar-refractivity contribution is 5.95. The molecule has 0 spiro atoms. The number of nitrogens with one attached hydrogen (secondary N) is 1. The number of hydrogen-bond acceptors (Lipinski definition) is 3. The summed E-state index contributed by atoms with van der Waals surface area (Å²) in [5.41, 5.74) is -1.58. The van der Waals surface area contributed by atoms with Gasteiger partial charge in [-0.1, -0.05) is 6.92 Å². The van der Waals surface area contributed by atoms with Gasteiger partial charge in [0.2, 0.25) is 5.43 Å². The molecule has 1 heterocycles. The number of aromatic nitrogens is 1. The summed E-state index contributed by atoms with van der Waals surface area (Å²) >= 11 is 0. The maximum absolute atomic E-state index is 13.7. The van der Waals surface area contributed by atoms with Crippen molar-refractivity contribution in [1.82, 2.24) is 4.98 Å². The van der Waals surface area contributed by atoms with E-state index in [0.29, 0.717) is 6.07 Å². The maximum Gasteiger partial charge on any atom is 0.343 e. The van der Waals surface area contributed by atoms with Gasteiger partial charge in [0.05, 0.1) is 17.5 Å². The second-order valence-electron chi connectivity index (χ2n) is 4.29. The molecule has 0 bridgehead atoms. The van der Waals surface area contributed by atoms with Gasteiger partial charge in [-0.05, 0) is 19.4 Å². The first kappa shape index (κ1) is 15.1. The van der Waals surface area contributed by atoms with Gasteiger partial charge in [0.25, 0.3) is 0 Å². The lowest BCUT2D eigenvalue weighted by molar-refractivity contribution is 0.0523. The molecular weight excluding hydrogens is 287 g/mol. The van der Waals surface area contributed by atoms with E-state index >= 15 is 0 Å². The smallest absolute Gasteiger partial charge is 0.343 e. The third kappa shape index (κ3) is 2.39. The molecule has 2 rings (SSSR count). The zero-order valence-electron chi connectivity index (χ0n) is 11.4. The van der Waals surface area contributed by atoms with Gasteiger partial charge in [0.1, 0.15) is 5.56 Å². The van der Waals surface area contributed by atoms with E-state index in [1.807, 2.05) is 0 Å². The first-order valence-electron chi connectivity index (χ1n) is 6.31. The fraction of sp³-hybridized carbons (Fsp3) is 0.286. The van der Waals surface area contributed by atoms with Gasteiger partial charge in [0, 0.05) is 5.69 Å². The summed E-state index contributed by atoms with van der Waals surface area (Å²) in [5, 5.41) is -0.438. The van der Waals surface area contributed by atoms with Crippen LogP contribution in [-0.4, -0.2) is 17.6 Å². The quantitative estimate of drug-likeness (QED) is 0.700. The van der Waals surface area contributed by atoms with Crippen LogP contribution < -0.4 is 5.43 Å². The van der Waals surface area contributed by atoms with Gasteiger partial charge in [-0.3, -0.25) is 4.79 Å². The zero-order chi connectivity index (χ0) is 15.7. The third-order valence-corrected chi connectivity index (χ3v) is 3.04. The molecule has 2 aromatic rings. The normalized spacial score (nSPS) is 10.9. The number of carbonyl (C=O) groups is 1. The number of benzene rings is 1. The maximum atomic E-state index is 13.7. The Labute approximate surface area is 117 Å². The molecule has 4 nitrogen and oxygen atoms in total. The average molecular weight is 299 g/mol. The standard InChI is InChI=1S/C14H12F3NO3/c1-3-8-9(14(20)21-4-2)13(19)6-5-7(15)10(16)11(17)12(6)18-8/h5H,3-4H2,1-2H3,(H,18,19). The van der Waals surface area contributed by atoms with Crippen LogP contribution in [0.3, 0.4) is 0 Å². The highest BCUT2D eigenvalue weighted by Crippen LogP contribution is 2.21. The number of fused-ring (bicyclic) bond motifs is 1. The first-order chi connectivity index (χ1) is 9.92. The van der Waals surface area contributed by atoms with Crippen molar-refractivity contribution in [2.24, 2.45) is 0 Å². The lowest BCUT2D eigenvalue weighted by Crippen LogP contribution is -2.22. The molecular formula is C14H12F3NO3. The summed E-state index contributed by atoms with van der Waals surface area (Å²) in [7, 11) is 0. The van der Waals surface area contributed by atoms with Crippen LogP contribution >= 0.6 is 0 Å². The molecule has 0 aliphatic carbocycles. The van der Waals surface area contributed by atoms with Crippen molar-refractivity contribution in [3.63, 3.8) is 0 Å². The van der Waals surface area contributed by atoms with Crippen molar-refractivity contribution < 1.29 is 22.7 Å². The summed E-state index contributed by atoms with van der Waals surface area (Å²) in [6.07, 6.45) is 0.192. The van der Waals surface area contributed by atoms with Crippen LogP contribution in [0.2, 0.25) is 0 Å². The molecule has 0 radical (unpaired) electrons. The molecule has 0 saturated heterocycles. The van der Waals surface area contributed by atoms with Crippen molar-refractivity contribution in [3.05, 3.63) is 45.0 Å². The third-order valence-electron chi connectivity index (χ3n) is 3.04. The minimum absolute atomic E-state index is 0.0472. The molecule has 0 amide bonds. The van der Waals surface area contributed by atoms with Gasteiger partial charge in [-0.25, -0.2) is 18.0 Å². The second kappa shape index (κ2) is 5.59. The molecule has 0 aliphatic rings. The number of hydrogen-bond donors (Lipinski definition) is 1. The van der Waals surface area contributed by atoms with Gasteiger partial charge < -0.3 is 9.72 Å². The average Bonchev–Trinajstić information content (AvgIpc) is 2.45. The molecule has 1 N–H and O–H groups in total. The Morgan fingerprint density at radius 3 is 2.48 bits per heavy atom. The number of rotatable bonds is 3. The van der Waals surface area contributed by atoms with E-state index in [1.165, 1.54) is 0 Å². The summed E-state index contributed by atoms with van der Waals surface area (Å²) in [6.45, 7) is 3.23. The number of aromatic amines is 1. The van der Waals surface area contributed by atoms with Crippen LogP contribution in [0.4, 0.5) is 13.2 Å². The van der Waals surface area contributed by atoms with E-state index in [-0.39, 0.29) is 24.3 Å². The highest BCUT2D eigenvalue weighted by atomic mass is 19.2. The number of esters is 1. The van der Waals surface area contributed by atoms with E-state index < -0.39 is 39.8 Å². The Hall–Kier alpha value is -2.31. The van der Waals surface area contributed by atoms with Crippen molar-refractivity contribution in [1.29, 1.82) is 0 Å². The van der Waals surface area contributed by atoms with Crippen LogP contribution in [0.5, 0.6) is 0 Å². The predicted octanol–water partition coefficient (Wildman–Crippen LogP) is 2.68. The van der Waals surface area contributed by atoms with E-state index in [9.17, 15) is 22.8 Å². The van der Waals surface area contributed by atoms with Gasteiger partial charge in [-0.2, -0.15) is 0 Å². The fourth-order valence-corrected chi connectivity index (χ4v) is 2.07. The fourth-order valence-electron chi connectivity index (χ4n) is 2.07. The molecule has 112 valence electrons. The lowest BCUT2D eigenvalue weighted by Gasteiger charge is -2.10. The molecule has 0 unspecified atom stereocenters. The first-order valence-corrected chi connectivity index (χ1v) is 6.31. The number of halogens is 3. The Morgan fingerprint density at radius 1 is 1.24 bits per heavy atom. The van der Waals surface area contributed by atoms with E-state index in [1.54, 1.807) is 13.8 Å². The SMILES string of the molecule is CCOC(=O)c1c(CC)[nH]c2c(F)c(F)c(F)cc2c1=O. The van der Waals surface area contributed by atoms with E-state index in [0.717, 1.165) is 0 Å². The Balaban J connectivity index is 2.89. The number of ether oxygens (including phenoxy) is 1. The van der Waals surface area contributed by atoms with Crippen LogP contribution in [0, 0.1) is 17.5 Å². The minimum atomic E-state index is -1.68. The molecule has 0 atom stereocenters. The number of carbonyl (C=O) groups excluding carboxylic acids is 1. The molecule has 0 aliphatic heterocycles. The molecule has 1 aromatic heterocycles. The lowest BCUT2D eigenvalue weighted by atomic mass is 10.1. The van der Waals surface area contributed by atoms with Crippen molar-refractivity contribution in [3.8, 4) is 0 Å². The van der Waals surface area contributed by atoms with Gasteiger partial charge in [0.15, 0.2) is 17.5 Å². The van der Waals surface area contributed by atoms with Crippen LogP contribution in [0.25, 0.3) is 10.9 Å². The summed E-state index contributed by atoms with van der Waals surface area (Å²) < 4.78 is 45.0. The van der Waals surface area contributed by atoms with Crippen molar-refractivity contribution >= 4 is 16.9 Å². The topological polar surface area (TPSA) is 59.2 Å². The monoisotopic (exact) mass is 299 g/mol. The minimum Gasteiger partial charge on any atom is -0.462 e. The molecule has 0 saturated carbocycles. The summed E-state index contributed by atoms with van der Waals surface area (Å²) in [6, 6.07) is 0.564. The number of pyridine rings is 1. The van der Waals surface area contributed by atoms with E-state index in [2.05, 4.69) is 4.98 Å². The summed E-state index contributed by atoms with van der Waals surface area (Å²) in [4.78, 5) is 26.6. The molecule has 1 aromatic carbocycles. The Morgan fingerprint density at radius 2 is 1.90 bits per heavy atom. The van der Waals surface area contributed by atoms with Crippen molar-refractivity contribution in [2.45, 2.75) is 20.3 Å². The highest BCUT2D eigenvalue weighted by Gasteiger charge is 2.23.